The van der Waals surface area contributed by atoms with Crippen LogP contribution in [0, 0.1) is 0 Å². The minimum absolute atomic E-state index is 0.0954. The number of hydrogen-bond donors (Lipinski definition) is 3. The van der Waals surface area contributed by atoms with E-state index in [1.54, 1.807) is 0 Å². The molecule has 2 amide bonds. The summed E-state index contributed by atoms with van der Waals surface area (Å²) in [6.07, 6.45) is 0.818. The molecule has 0 radical (unpaired) electrons. The third-order valence-corrected chi connectivity index (χ3v) is 5.15. The number of rotatable bonds is 8. The summed E-state index contributed by atoms with van der Waals surface area (Å²) in [5.74, 6) is -2.33. The monoisotopic (exact) mass is 392 g/mol. The zero-order valence-electron chi connectivity index (χ0n) is 13.7. The number of hydrogen-bond acceptors (Lipinski definition) is 8. The van der Waals surface area contributed by atoms with E-state index in [-0.39, 0.29) is 17.4 Å². The Hall–Kier alpha value is -2.02. The molecule has 0 aromatic heterocycles. The SMILES string of the molecule is O=C(CCCCCN1C(=O)C=CC1O)ON1C(=O)C(S(=O)(=O)O)CC1O. The minimum Gasteiger partial charge on any atom is -0.370 e. The smallest absolute Gasteiger partial charge is 0.332 e. The van der Waals surface area contributed by atoms with Crippen molar-refractivity contribution in [1.82, 2.24) is 9.96 Å². The van der Waals surface area contributed by atoms with Gasteiger partial charge < -0.3 is 20.0 Å². The summed E-state index contributed by atoms with van der Waals surface area (Å²) in [6.45, 7) is 0.321. The molecule has 0 bridgehead atoms. The molecule has 26 heavy (non-hydrogen) atoms. The minimum atomic E-state index is -4.70. The maximum atomic E-state index is 11.8. The second kappa shape index (κ2) is 8.12. The van der Waals surface area contributed by atoms with E-state index in [1.165, 1.54) is 17.1 Å². The van der Waals surface area contributed by atoms with Crippen molar-refractivity contribution in [2.24, 2.45) is 0 Å². The summed E-state index contributed by atoms with van der Waals surface area (Å²) < 4.78 is 31.0. The van der Waals surface area contributed by atoms with Gasteiger partial charge in [-0.2, -0.15) is 8.42 Å². The van der Waals surface area contributed by atoms with Crippen LogP contribution in [0.25, 0.3) is 0 Å². The molecular formula is C14H20N2O9S. The zero-order valence-corrected chi connectivity index (χ0v) is 14.5. The summed E-state index contributed by atoms with van der Waals surface area (Å²) in [5, 5.41) is 17.5. The Balaban J connectivity index is 1.69. The number of carbonyl (C=O) groups is 3. The van der Waals surface area contributed by atoms with Crippen LogP contribution in [0.15, 0.2) is 12.2 Å². The third kappa shape index (κ3) is 4.78. The highest BCUT2D eigenvalue weighted by atomic mass is 32.2. The van der Waals surface area contributed by atoms with E-state index in [0.29, 0.717) is 25.8 Å². The van der Waals surface area contributed by atoms with E-state index in [2.05, 4.69) is 4.84 Å². The molecule has 1 fully saturated rings. The van der Waals surface area contributed by atoms with Crippen LogP contribution < -0.4 is 0 Å². The molecule has 0 aromatic carbocycles. The molecule has 2 heterocycles. The first-order valence-electron chi connectivity index (χ1n) is 7.96. The molecule has 0 aromatic rings. The van der Waals surface area contributed by atoms with Crippen LogP contribution in [-0.2, 0) is 29.3 Å². The maximum Gasteiger partial charge on any atom is 0.332 e. The first-order chi connectivity index (χ1) is 12.1. The van der Waals surface area contributed by atoms with Crippen LogP contribution in [-0.4, -0.2) is 75.2 Å². The molecule has 0 saturated carbocycles. The van der Waals surface area contributed by atoms with Crippen LogP contribution in [0.2, 0.25) is 0 Å². The van der Waals surface area contributed by atoms with Crippen molar-refractivity contribution in [2.45, 2.75) is 49.8 Å². The Bertz CT molecular complexity index is 705. The molecule has 0 spiro atoms. The number of nitrogens with zero attached hydrogens (tertiary/aromatic N) is 2. The van der Waals surface area contributed by atoms with Crippen molar-refractivity contribution < 1.29 is 42.4 Å². The van der Waals surface area contributed by atoms with Crippen molar-refractivity contribution in [2.75, 3.05) is 6.54 Å². The van der Waals surface area contributed by atoms with Crippen LogP contribution in [0.1, 0.15) is 32.1 Å². The second-order valence-corrected chi connectivity index (χ2v) is 7.56. The Labute approximate surface area is 149 Å². The van der Waals surface area contributed by atoms with Crippen molar-refractivity contribution in [3.05, 3.63) is 12.2 Å². The van der Waals surface area contributed by atoms with Crippen molar-refractivity contribution in [3.63, 3.8) is 0 Å². The molecule has 3 unspecified atom stereocenters. The molecule has 3 N–H and O–H groups in total. The lowest BCUT2D eigenvalue weighted by Crippen LogP contribution is -2.38. The van der Waals surface area contributed by atoms with Gasteiger partial charge in [0.1, 0.15) is 6.23 Å². The molecule has 1 saturated heterocycles. The largest absolute Gasteiger partial charge is 0.370 e. The number of hydroxylamine groups is 2. The predicted molar refractivity (Wildman–Crippen MR) is 84.2 cm³/mol. The molecule has 2 aliphatic rings. The standard InChI is InChI=1S/C14H20N2O9S/c17-10-5-6-11(18)15(10)7-3-1-2-4-13(20)25-16-12(19)8-9(14(16)21)26(22,23)24/h5-6,9-10,12,17,19H,1-4,7-8H2,(H,22,23,24). The molecule has 2 aliphatic heterocycles. The summed E-state index contributed by atoms with van der Waals surface area (Å²) >= 11 is 0. The summed E-state index contributed by atoms with van der Waals surface area (Å²) in [5.41, 5.74) is 0. The van der Waals surface area contributed by atoms with E-state index in [0.717, 1.165) is 0 Å². The first-order valence-corrected chi connectivity index (χ1v) is 9.46. The van der Waals surface area contributed by atoms with Gasteiger partial charge >= 0.3 is 5.97 Å². The first kappa shape index (κ1) is 20.3. The van der Waals surface area contributed by atoms with E-state index in [1.807, 2.05) is 0 Å². The Morgan fingerprint density at radius 3 is 2.46 bits per heavy atom. The predicted octanol–water partition coefficient (Wildman–Crippen LogP) is -1.47. The van der Waals surface area contributed by atoms with E-state index in [9.17, 15) is 33.0 Å². The number of amides is 2. The van der Waals surface area contributed by atoms with Crippen LogP contribution in [0.4, 0.5) is 0 Å². The molecule has 3 atom stereocenters. The van der Waals surface area contributed by atoms with Gasteiger partial charge in [0.2, 0.25) is 5.91 Å². The van der Waals surface area contributed by atoms with Gasteiger partial charge in [-0.05, 0) is 18.9 Å². The molecular weight excluding hydrogens is 372 g/mol. The fourth-order valence-corrected chi connectivity index (χ4v) is 3.43. The molecule has 12 heteroatoms. The van der Waals surface area contributed by atoms with Crippen molar-refractivity contribution >= 4 is 27.9 Å². The highest BCUT2D eigenvalue weighted by Crippen LogP contribution is 2.23. The average molecular weight is 392 g/mol. The van der Waals surface area contributed by atoms with Crippen LogP contribution in [0.5, 0.6) is 0 Å². The van der Waals surface area contributed by atoms with Crippen molar-refractivity contribution in [3.8, 4) is 0 Å². The summed E-state index contributed by atoms with van der Waals surface area (Å²) in [6, 6.07) is 0. The fraction of sp³-hybridized carbons (Fsp3) is 0.643. The van der Waals surface area contributed by atoms with Gasteiger partial charge in [0.05, 0.1) is 0 Å². The lowest BCUT2D eigenvalue weighted by molar-refractivity contribution is -0.220. The van der Waals surface area contributed by atoms with Gasteiger partial charge in [-0.15, -0.1) is 5.06 Å². The third-order valence-electron chi connectivity index (χ3n) is 4.04. The number of unbranched alkanes of at least 4 members (excludes halogenated alkanes) is 2. The molecule has 2 rings (SSSR count). The van der Waals surface area contributed by atoms with Gasteiger partial charge in [0.25, 0.3) is 16.0 Å². The van der Waals surface area contributed by atoms with Gasteiger partial charge in [0, 0.05) is 25.5 Å². The number of carbonyl (C=O) groups excluding carboxylic acids is 3. The topological polar surface area (TPSA) is 162 Å². The fourth-order valence-electron chi connectivity index (χ4n) is 2.66. The van der Waals surface area contributed by atoms with Gasteiger partial charge in [-0.3, -0.25) is 14.1 Å². The number of aliphatic hydroxyl groups is 2. The Morgan fingerprint density at radius 1 is 1.23 bits per heavy atom. The summed E-state index contributed by atoms with van der Waals surface area (Å²) in [7, 11) is -4.70. The Kier molecular flexibility index (Phi) is 6.34. The van der Waals surface area contributed by atoms with Gasteiger partial charge in [-0.1, -0.05) is 6.42 Å². The quantitative estimate of drug-likeness (QED) is 0.331. The highest BCUT2D eigenvalue weighted by molar-refractivity contribution is 7.87. The molecule has 0 aliphatic carbocycles. The normalized spacial score (nSPS) is 26.0. The lowest BCUT2D eigenvalue weighted by Gasteiger charge is -2.20. The summed E-state index contributed by atoms with van der Waals surface area (Å²) in [4.78, 5) is 40.8. The second-order valence-electron chi connectivity index (χ2n) is 5.96. The zero-order chi connectivity index (χ0) is 19.5. The molecule has 11 nitrogen and oxygen atoms in total. The van der Waals surface area contributed by atoms with Crippen LogP contribution >= 0.6 is 0 Å². The Morgan fingerprint density at radius 2 is 1.92 bits per heavy atom. The van der Waals surface area contributed by atoms with E-state index in [4.69, 9.17) is 4.55 Å². The van der Waals surface area contributed by atoms with E-state index >= 15 is 0 Å². The lowest BCUT2D eigenvalue weighted by atomic mass is 10.2. The highest BCUT2D eigenvalue weighted by Gasteiger charge is 2.48. The maximum absolute atomic E-state index is 11.8. The molecule has 146 valence electrons. The van der Waals surface area contributed by atoms with Gasteiger partial charge in [-0.25, -0.2) is 4.79 Å². The number of aliphatic hydroxyl groups excluding tert-OH is 2. The average Bonchev–Trinajstić information content (AvgIpc) is 3.01. The van der Waals surface area contributed by atoms with Crippen molar-refractivity contribution in [1.29, 1.82) is 0 Å². The van der Waals surface area contributed by atoms with Crippen LogP contribution in [0.3, 0.4) is 0 Å². The van der Waals surface area contributed by atoms with Gasteiger partial charge in [0.15, 0.2) is 11.5 Å². The van der Waals surface area contributed by atoms with E-state index < -0.39 is 46.1 Å².